The van der Waals surface area contributed by atoms with Crippen molar-refractivity contribution in [3.05, 3.63) is 179 Å². The summed E-state index contributed by atoms with van der Waals surface area (Å²) in [6.45, 7) is 6.10. The summed E-state index contributed by atoms with van der Waals surface area (Å²) in [7, 11) is 0. The van der Waals surface area contributed by atoms with Crippen LogP contribution >= 0.6 is 0 Å². The summed E-state index contributed by atoms with van der Waals surface area (Å²) < 4.78 is 2.04. The Labute approximate surface area is 303 Å². The van der Waals surface area contributed by atoms with Crippen LogP contribution in [0.5, 0.6) is 0 Å². The first-order chi connectivity index (χ1) is 25.6. The van der Waals surface area contributed by atoms with Crippen molar-refractivity contribution in [2.45, 2.75) is 19.4 Å². The van der Waals surface area contributed by atoms with Gasteiger partial charge in [-0.1, -0.05) is 110 Å². The second kappa shape index (κ2) is 13.3. The lowest BCUT2D eigenvalue weighted by Crippen LogP contribution is -2.33. The first kappa shape index (κ1) is 32.1. The Kier molecular flexibility index (Phi) is 8.21. The Balaban J connectivity index is 1.29. The number of anilines is 1. The minimum absolute atomic E-state index is 0.0120. The molecule has 52 heavy (non-hydrogen) atoms. The average Bonchev–Trinajstić information content (AvgIpc) is 3.55. The third kappa shape index (κ3) is 5.06. The van der Waals surface area contributed by atoms with E-state index in [-0.39, 0.29) is 12.0 Å². The average molecular weight is 668 g/mol. The minimum Gasteiger partial charge on any atom is -0.333 e. The third-order valence-electron chi connectivity index (χ3n) is 10.2. The summed E-state index contributed by atoms with van der Waals surface area (Å²) in [5, 5.41) is 31.5. The molecule has 2 atom stereocenters. The number of para-hydroxylation sites is 2. The van der Waals surface area contributed by atoms with Gasteiger partial charge in [0, 0.05) is 50.6 Å². The SMILES string of the molecule is C=Cc1c(/C=C\C)c2cccc(C#N)c2n1-c1ccc(-c2ccccc2-c2ccccc2N2C3=C(C=CCC=C3)C3C=C(C#N)C=C[C@@H]32)c(C#N)c1. The number of fused-ring (bicyclic) bond motifs is 3. The number of allylic oxidation sites excluding steroid dienone is 7. The molecule has 4 aromatic carbocycles. The summed E-state index contributed by atoms with van der Waals surface area (Å²) in [6.07, 6.45) is 21.6. The van der Waals surface area contributed by atoms with Crippen LogP contribution in [-0.2, 0) is 0 Å². The smallest absolute Gasteiger partial charge is 0.101 e. The van der Waals surface area contributed by atoms with Gasteiger partial charge in [-0.25, -0.2) is 0 Å². The molecular weight excluding hydrogens is 635 g/mol. The van der Waals surface area contributed by atoms with Crippen LogP contribution in [0.15, 0.2) is 157 Å². The van der Waals surface area contributed by atoms with E-state index in [1.807, 2.05) is 84.3 Å². The fourth-order valence-electron chi connectivity index (χ4n) is 8.00. The molecule has 0 radical (unpaired) electrons. The zero-order valence-corrected chi connectivity index (χ0v) is 28.7. The molecule has 5 heteroatoms. The number of benzene rings is 4. The molecule has 0 saturated carbocycles. The highest BCUT2D eigenvalue weighted by atomic mass is 15.2. The number of aromatic nitrogens is 1. The number of rotatable bonds is 6. The summed E-state index contributed by atoms with van der Waals surface area (Å²) in [6, 6.07) is 35.6. The van der Waals surface area contributed by atoms with Crippen LogP contribution in [0.2, 0.25) is 0 Å². The molecule has 0 fully saturated rings. The Morgan fingerprint density at radius 2 is 1.52 bits per heavy atom. The van der Waals surface area contributed by atoms with E-state index < -0.39 is 0 Å². The molecule has 3 aliphatic rings. The van der Waals surface area contributed by atoms with Gasteiger partial charge >= 0.3 is 0 Å². The van der Waals surface area contributed by atoms with Crippen molar-refractivity contribution in [3.8, 4) is 46.1 Å². The summed E-state index contributed by atoms with van der Waals surface area (Å²) in [5.74, 6) is 0.0507. The van der Waals surface area contributed by atoms with Gasteiger partial charge in [0.1, 0.15) is 6.07 Å². The maximum absolute atomic E-state index is 10.7. The maximum Gasteiger partial charge on any atom is 0.101 e. The summed E-state index contributed by atoms with van der Waals surface area (Å²) >= 11 is 0. The van der Waals surface area contributed by atoms with Crippen LogP contribution in [0.25, 0.3) is 51.0 Å². The minimum atomic E-state index is 0.0120. The molecule has 8 rings (SSSR count). The highest BCUT2D eigenvalue weighted by molar-refractivity contribution is 5.99. The molecule has 0 amide bonds. The van der Waals surface area contributed by atoms with Crippen molar-refractivity contribution < 1.29 is 0 Å². The molecule has 5 nitrogen and oxygen atoms in total. The van der Waals surface area contributed by atoms with Crippen molar-refractivity contribution in [1.29, 1.82) is 15.8 Å². The first-order valence-corrected chi connectivity index (χ1v) is 17.3. The Hall–Kier alpha value is -7.13. The van der Waals surface area contributed by atoms with E-state index in [9.17, 15) is 15.8 Å². The predicted octanol–water partition coefficient (Wildman–Crippen LogP) is 11.0. The number of nitrogens with zero attached hydrogens (tertiary/aromatic N) is 5. The van der Waals surface area contributed by atoms with Crippen LogP contribution < -0.4 is 4.90 Å². The fraction of sp³-hybridized carbons (Fsp3) is 0.0851. The van der Waals surface area contributed by atoms with Gasteiger partial charge < -0.3 is 9.47 Å². The van der Waals surface area contributed by atoms with Crippen molar-refractivity contribution in [1.82, 2.24) is 4.57 Å². The van der Waals surface area contributed by atoms with Gasteiger partial charge in [0.2, 0.25) is 0 Å². The van der Waals surface area contributed by atoms with Gasteiger partial charge in [0.05, 0.1) is 40.5 Å². The molecule has 1 unspecified atom stereocenters. The third-order valence-corrected chi connectivity index (χ3v) is 10.2. The highest BCUT2D eigenvalue weighted by Gasteiger charge is 2.39. The van der Waals surface area contributed by atoms with E-state index in [0.717, 1.165) is 67.9 Å². The van der Waals surface area contributed by atoms with E-state index in [0.29, 0.717) is 16.7 Å². The molecule has 1 aromatic heterocycles. The molecule has 246 valence electrons. The molecule has 2 aliphatic carbocycles. The molecule has 1 aliphatic heterocycles. The molecule has 2 heterocycles. The zero-order chi connectivity index (χ0) is 35.8. The van der Waals surface area contributed by atoms with Gasteiger partial charge in [-0.05, 0) is 72.5 Å². The second-order valence-electron chi connectivity index (χ2n) is 12.9. The Bertz CT molecular complexity index is 2630. The Morgan fingerprint density at radius 3 is 2.27 bits per heavy atom. The van der Waals surface area contributed by atoms with Crippen molar-refractivity contribution in [3.63, 3.8) is 0 Å². The summed E-state index contributed by atoms with van der Waals surface area (Å²) in [4.78, 5) is 2.40. The van der Waals surface area contributed by atoms with Crippen molar-refractivity contribution >= 4 is 28.7 Å². The molecule has 0 saturated heterocycles. The van der Waals surface area contributed by atoms with E-state index >= 15 is 0 Å². The van der Waals surface area contributed by atoms with E-state index in [2.05, 4.69) is 103 Å². The van der Waals surface area contributed by atoms with Crippen molar-refractivity contribution in [2.75, 3.05) is 4.90 Å². The lowest BCUT2D eigenvalue weighted by molar-refractivity contribution is 0.682. The van der Waals surface area contributed by atoms with Crippen LogP contribution in [-0.4, -0.2) is 10.6 Å². The van der Waals surface area contributed by atoms with Gasteiger partial charge in [-0.2, -0.15) is 15.8 Å². The van der Waals surface area contributed by atoms with Gasteiger partial charge in [0.15, 0.2) is 0 Å². The van der Waals surface area contributed by atoms with Crippen LogP contribution in [0, 0.1) is 39.9 Å². The van der Waals surface area contributed by atoms with E-state index in [4.69, 9.17) is 0 Å². The molecule has 5 aromatic rings. The highest BCUT2D eigenvalue weighted by Crippen LogP contribution is 2.48. The second-order valence-corrected chi connectivity index (χ2v) is 12.9. The topological polar surface area (TPSA) is 79.5 Å². The van der Waals surface area contributed by atoms with Crippen LogP contribution in [0.4, 0.5) is 5.69 Å². The number of hydrogen-bond donors (Lipinski definition) is 0. The van der Waals surface area contributed by atoms with E-state index in [1.165, 1.54) is 5.57 Å². The molecule has 0 bridgehead atoms. The van der Waals surface area contributed by atoms with Gasteiger partial charge in [-0.15, -0.1) is 0 Å². The molecular formula is C47H33N5. The van der Waals surface area contributed by atoms with E-state index in [1.54, 1.807) is 0 Å². The van der Waals surface area contributed by atoms with Crippen molar-refractivity contribution in [2.24, 2.45) is 5.92 Å². The number of hydrogen-bond acceptors (Lipinski definition) is 4. The van der Waals surface area contributed by atoms with Gasteiger partial charge in [-0.3, -0.25) is 0 Å². The normalized spacial score (nSPS) is 17.3. The maximum atomic E-state index is 10.7. The Morgan fingerprint density at radius 1 is 0.769 bits per heavy atom. The predicted molar refractivity (Wildman–Crippen MR) is 211 cm³/mol. The quantitative estimate of drug-likeness (QED) is 0.180. The molecule has 0 N–H and O–H groups in total. The summed E-state index contributed by atoms with van der Waals surface area (Å²) in [5.41, 5.74) is 12.3. The first-order valence-electron chi connectivity index (χ1n) is 17.3. The standard InChI is InChI=1S/C47H33N5/c1-3-13-38-41-19-12-14-32(29-49)47(41)51(43(38)4-2)34-23-24-35(33(27-34)30-50)36-15-8-9-16-37(36)39-18-10-11-21-44(39)52-45-20-7-5-6-17-40(45)42-26-31(28-48)22-25-46(42)52/h3-4,6-27,42,46H,2,5H2,1H3/b13-3-/t42?,46-/m0/s1. The zero-order valence-electron chi connectivity index (χ0n) is 28.7. The van der Waals surface area contributed by atoms with Crippen LogP contribution in [0.3, 0.4) is 0 Å². The number of nitriles is 3. The van der Waals surface area contributed by atoms with Crippen LogP contribution in [0.1, 0.15) is 35.7 Å². The molecule has 0 spiro atoms. The lowest BCUT2D eigenvalue weighted by Gasteiger charge is -2.32. The monoisotopic (exact) mass is 667 g/mol. The lowest BCUT2D eigenvalue weighted by atomic mass is 9.87. The largest absolute Gasteiger partial charge is 0.333 e. The fourth-order valence-corrected chi connectivity index (χ4v) is 8.00. The van der Waals surface area contributed by atoms with Gasteiger partial charge in [0.25, 0.3) is 0 Å².